The molecule has 0 spiro atoms. The van der Waals surface area contributed by atoms with Gasteiger partial charge in [0.05, 0.1) is 18.1 Å². The Kier molecular flexibility index (Phi) is 5.04. The highest BCUT2D eigenvalue weighted by atomic mass is 16.6. The van der Waals surface area contributed by atoms with E-state index in [-0.39, 0.29) is 24.5 Å². The van der Waals surface area contributed by atoms with Gasteiger partial charge in [-0.2, -0.15) is 0 Å². The van der Waals surface area contributed by atoms with Crippen LogP contribution in [0.3, 0.4) is 0 Å². The van der Waals surface area contributed by atoms with Gasteiger partial charge in [-0.25, -0.2) is 9.69 Å². The molecular weight excluding hydrogens is 270 g/mol. The van der Waals surface area contributed by atoms with Crippen molar-refractivity contribution in [1.82, 2.24) is 4.90 Å². The number of allylic oxidation sites excluding steroid dienone is 1. The molecule has 118 valence electrons. The van der Waals surface area contributed by atoms with Crippen LogP contribution in [0.4, 0.5) is 4.79 Å². The molecule has 5 heteroatoms. The number of carbonyl (C=O) groups is 2. The molecule has 0 aromatic heterocycles. The van der Waals surface area contributed by atoms with Crippen LogP contribution in [0.1, 0.15) is 46.5 Å². The monoisotopic (exact) mass is 295 g/mol. The molecule has 1 aliphatic carbocycles. The summed E-state index contributed by atoms with van der Waals surface area (Å²) in [6.07, 6.45) is 4.59. The van der Waals surface area contributed by atoms with Crippen molar-refractivity contribution in [2.24, 2.45) is 11.8 Å². The highest BCUT2D eigenvalue weighted by Crippen LogP contribution is 2.28. The van der Waals surface area contributed by atoms with Crippen molar-refractivity contribution in [1.29, 1.82) is 0 Å². The second-order valence-corrected chi connectivity index (χ2v) is 6.35. The first-order valence-electron chi connectivity index (χ1n) is 7.80. The maximum atomic E-state index is 12.6. The summed E-state index contributed by atoms with van der Waals surface area (Å²) >= 11 is 0. The smallest absolute Gasteiger partial charge is 0.416 e. The van der Waals surface area contributed by atoms with E-state index in [1.165, 1.54) is 4.90 Å². The fraction of sp³-hybridized carbons (Fsp3) is 0.750. The molecule has 0 unspecified atom stereocenters. The lowest BCUT2D eigenvalue weighted by atomic mass is 9.88. The first-order valence-corrected chi connectivity index (χ1v) is 7.80. The Morgan fingerprint density at radius 1 is 1.38 bits per heavy atom. The van der Waals surface area contributed by atoms with Crippen molar-refractivity contribution in [3.8, 4) is 0 Å². The summed E-state index contributed by atoms with van der Waals surface area (Å²) in [6, 6.07) is -0.236. The standard InChI is InChI=1S/C16H25NO4/c1-10(2)13-9-21-16(20)17(13)15(19)11(3)14(18)12-7-5-4-6-8-12/h7,10-11,13-14,18H,4-6,8-9H2,1-3H3/t11-,13+,14-/m0/s1. The summed E-state index contributed by atoms with van der Waals surface area (Å²) in [4.78, 5) is 25.6. The minimum atomic E-state index is -0.806. The summed E-state index contributed by atoms with van der Waals surface area (Å²) in [5.41, 5.74) is 0.927. The van der Waals surface area contributed by atoms with E-state index in [0.29, 0.717) is 0 Å². The number of aliphatic hydroxyl groups is 1. The Hall–Kier alpha value is -1.36. The lowest BCUT2D eigenvalue weighted by Crippen LogP contribution is -2.47. The van der Waals surface area contributed by atoms with E-state index in [4.69, 9.17) is 4.74 Å². The molecule has 0 aromatic carbocycles. The zero-order valence-electron chi connectivity index (χ0n) is 13.0. The van der Waals surface area contributed by atoms with Crippen molar-refractivity contribution in [3.05, 3.63) is 11.6 Å². The molecule has 2 rings (SSSR count). The third-order valence-electron chi connectivity index (χ3n) is 4.48. The number of nitrogens with zero attached hydrogens (tertiary/aromatic N) is 1. The van der Waals surface area contributed by atoms with Gasteiger partial charge < -0.3 is 9.84 Å². The quantitative estimate of drug-likeness (QED) is 0.809. The molecule has 1 aliphatic heterocycles. The maximum Gasteiger partial charge on any atom is 0.416 e. The largest absolute Gasteiger partial charge is 0.447 e. The molecule has 0 bridgehead atoms. The van der Waals surface area contributed by atoms with Crippen LogP contribution in [0, 0.1) is 11.8 Å². The zero-order valence-corrected chi connectivity index (χ0v) is 13.0. The molecule has 1 heterocycles. The Morgan fingerprint density at radius 2 is 2.10 bits per heavy atom. The van der Waals surface area contributed by atoms with Crippen molar-refractivity contribution < 1.29 is 19.4 Å². The molecule has 1 N–H and O–H groups in total. The number of imide groups is 1. The number of cyclic esters (lactones) is 1. The molecule has 0 saturated carbocycles. The predicted molar refractivity (Wildman–Crippen MR) is 78.5 cm³/mol. The number of hydrogen-bond acceptors (Lipinski definition) is 4. The molecule has 3 atom stereocenters. The Morgan fingerprint density at radius 3 is 2.67 bits per heavy atom. The fourth-order valence-corrected chi connectivity index (χ4v) is 2.99. The number of carbonyl (C=O) groups excluding carboxylic acids is 2. The average molecular weight is 295 g/mol. The molecule has 2 aliphatic rings. The number of ether oxygens (including phenoxy) is 1. The third-order valence-corrected chi connectivity index (χ3v) is 4.48. The van der Waals surface area contributed by atoms with Crippen molar-refractivity contribution >= 4 is 12.0 Å². The van der Waals surface area contributed by atoms with E-state index < -0.39 is 18.1 Å². The lowest BCUT2D eigenvalue weighted by Gasteiger charge is -2.29. The normalized spacial score (nSPS) is 25.6. The highest BCUT2D eigenvalue weighted by molar-refractivity contribution is 5.95. The summed E-state index contributed by atoms with van der Waals surface area (Å²) < 4.78 is 5.01. The maximum absolute atomic E-state index is 12.6. The molecule has 21 heavy (non-hydrogen) atoms. The summed E-state index contributed by atoms with van der Waals surface area (Å²) in [6.45, 7) is 5.84. The molecular formula is C16H25NO4. The Labute approximate surface area is 126 Å². The Bertz CT molecular complexity index is 444. The number of rotatable bonds is 4. The minimum Gasteiger partial charge on any atom is -0.447 e. The number of aliphatic hydroxyl groups excluding tert-OH is 1. The van der Waals surface area contributed by atoms with Crippen LogP contribution in [0.25, 0.3) is 0 Å². The summed E-state index contributed by atoms with van der Waals surface area (Å²) in [5.74, 6) is -0.824. The predicted octanol–water partition coefficient (Wildman–Crippen LogP) is 2.49. The van der Waals surface area contributed by atoms with Crippen LogP contribution in [0.15, 0.2) is 11.6 Å². The van der Waals surface area contributed by atoms with E-state index in [0.717, 1.165) is 31.3 Å². The van der Waals surface area contributed by atoms with Crippen LogP contribution >= 0.6 is 0 Å². The van der Waals surface area contributed by atoms with E-state index >= 15 is 0 Å². The van der Waals surface area contributed by atoms with Crippen LogP contribution in [-0.4, -0.2) is 40.8 Å². The van der Waals surface area contributed by atoms with Crippen LogP contribution < -0.4 is 0 Å². The van der Waals surface area contributed by atoms with Gasteiger partial charge in [0, 0.05) is 0 Å². The van der Waals surface area contributed by atoms with Gasteiger partial charge in [-0.05, 0) is 37.2 Å². The van der Waals surface area contributed by atoms with Gasteiger partial charge in [0.2, 0.25) is 5.91 Å². The zero-order chi connectivity index (χ0) is 15.6. The van der Waals surface area contributed by atoms with E-state index in [1.54, 1.807) is 6.92 Å². The van der Waals surface area contributed by atoms with Gasteiger partial charge in [-0.15, -0.1) is 0 Å². The highest BCUT2D eigenvalue weighted by Gasteiger charge is 2.42. The van der Waals surface area contributed by atoms with E-state index in [9.17, 15) is 14.7 Å². The van der Waals surface area contributed by atoms with Crippen molar-refractivity contribution in [2.75, 3.05) is 6.61 Å². The van der Waals surface area contributed by atoms with Crippen LogP contribution in [0.2, 0.25) is 0 Å². The number of amides is 2. The molecule has 1 fully saturated rings. The van der Waals surface area contributed by atoms with Crippen LogP contribution in [-0.2, 0) is 9.53 Å². The van der Waals surface area contributed by atoms with Crippen molar-refractivity contribution in [2.45, 2.75) is 58.6 Å². The SMILES string of the molecule is CC(C)[C@H]1COC(=O)N1C(=O)[C@@H](C)[C@H](O)C1=CCCCC1. The molecule has 5 nitrogen and oxygen atoms in total. The van der Waals surface area contributed by atoms with Gasteiger partial charge >= 0.3 is 6.09 Å². The number of hydrogen-bond donors (Lipinski definition) is 1. The Balaban J connectivity index is 2.10. The van der Waals surface area contributed by atoms with Crippen molar-refractivity contribution in [3.63, 3.8) is 0 Å². The summed E-state index contributed by atoms with van der Waals surface area (Å²) in [7, 11) is 0. The van der Waals surface area contributed by atoms with Gasteiger partial charge in [-0.1, -0.05) is 26.8 Å². The van der Waals surface area contributed by atoms with Crippen LogP contribution in [0.5, 0.6) is 0 Å². The first kappa shape index (κ1) is 16.0. The van der Waals surface area contributed by atoms with Gasteiger partial charge in [-0.3, -0.25) is 4.79 Å². The minimum absolute atomic E-state index is 0.138. The second kappa shape index (κ2) is 6.60. The average Bonchev–Trinajstić information content (AvgIpc) is 2.87. The second-order valence-electron chi connectivity index (χ2n) is 6.35. The van der Waals surface area contributed by atoms with E-state index in [2.05, 4.69) is 0 Å². The van der Waals surface area contributed by atoms with E-state index in [1.807, 2.05) is 19.9 Å². The molecule has 2 amide bonds. The molecule has 1 saturated heterocycles. The van der Waals surface area contributed by atoms with Gasteiger partial charge in [0.1, 0.15) is 6.61 Å². The van der Waals surface area contributed by atoms with Gasteiger partial charge in [0.15, 0.2) is 0 Å². The van der Waals surface area contributed by atoms with Gasteiger partial charge in [0.25, 0.3) is 0 Å². The molecule has 0 aromatic rings. The molecule has 0 radical (unpaired) electrons. The third kappa shape index (κ3) is 3.28. The lowest BCUT2D eigenvalue weighted by molar-refractivity contribution is -0.136. The fourth-order valence-electron chi connectivity index (χ4n) is 2.99. The summed E-state index contributed by atoms with van der Waals surface area (Å²) in [5, 5.41) is 10.4. The first-order chi connectivity index (χ1) is 9.93. The topological polar surface area (TPSA) is 66.8 Å².